The molecule has 0 saturated carbocycles. The van der Waals surface area contributed by atoms with Crippen LogP contribution in [-0.2, 0) is 6.42 Å². The van der Waals surface area contributed by atoms with Crippen molar-refractivity contribution in [3.63, 3.8) is 0 Å². The van der Waals surface area contributed by atoms with Crippen LogP contribution in [0.2, 0.25) is 0 Å². The first-order valence-corrected chi connectivity index (χ1v) is 8.58. The Morgan fingerprint density at radius 2 is 2.26 bits per heavy atom. The molecular formula is C16H28N2S. The molecule has 1 N–H and O–H groups in total. The molecule has 108 valence electrons. The van der Waals surface area contributed by atoms with Crippen molar-refractivity contribution in [2.45, 2.75) is 52.1 Å². The highest BCUT2D eigenvalue weighted by atomic mass is 32.1. The molecule has 0 bridgehead atoms. The summed E-state index contributed by atoms with van der Waals surface area (Å²) in [5.41, 5.74) is 1.50. The van der Waals surface area contributed by atoms with Crippen LogP contribution in [0.15, 0.2) is 16.8 Å². The van der Waals surface area contributed by atoms with Crippen molar-refractivity contribution in [3.05, 3.63) is 22.4 Å². The van der Waals surface area contributed by atoms with Crippen LogP contribution < -0.4 is 5.32 Å². The van der Waals surface area contributed by atoms with Gasteiger partial charge < -0.3 is 5.32 Å². The Bertz CT molecular complexity index is 348. The Labute approximate surface area is 122 Å². The molecule has 2 rings (SSSR count). The summed E-state index contributed by atoms with van der Waals surface area (Å²) in [6.07, 6.45) is 3.77. The number of thiophene rings is 1. The van der Waals surface area contributed by atoms with E-state index < -0.39 is 0 Å². The lowest BCUT2D eigenvalue weighted by Gasteiger charge is -2.30. The minimum Gasteiger partial charge on any atom is -0.313 e. The van der Waals surface area contributed by atoms with Gasteiger partial charge in [-0.3, -0.25) is 4.90 Å². The SMILES string of the molecule is CC(C)CC1CN(C(C)Cc2ccsc2)CCCN1. The third-order valence-corrected chi connectivity index (χ3v) is 4.73. The van der Waals surface area contributed by atoms with E-state index in [1.165, 1.54) is 44.5 Å². The highest BCUT2D eigenvalue weighted by Crippen LogP contribution is 2.16. The number of hydrogen-bond donors (Lipinski definition) is 1. The minimum absolute atomic E-state index is 0.657. The van der Waals surface area contributed by atoms with E-state index in [0.29, 0.717) is 12.1 Å². The lowest BCUT2D eigenvalue weighted by atomic mass is 10.0. The van der Waals surface area contributed by atoms with E-state index in [1.54, 1.807) is 0 Å². The molecular weight excluding hydrogens is 252 g/mol. The van der Waals surface area contributed by atoms with Crippen LogP contribution in [-0.4, -0.2) is 36.6 Å². The zero-order valence-corrected chi connectivity index (χ0v) is 13.4. The third-order valence-electron chi connectivity index (χ3n) is 4.00. The molecule has 3 heteroatoms. The first-order valence-electron chi connectivity index (χ1n) is 7.63. The van der Waals surface area contributed by atoms with Crippen LogP contribution in [0.25, 0.3) is 0 Å². The standard InChI is InChI=1S/C16H28N2S/c1-13(2)9-16-11-18(7-4-6-17-16)14(3)10-15-5-8-19-12-15/h5,8,12-14,16-17H,4,6-7,9-11H2,1-3H3. The van der Waals surface area contributed by atoms with E-state index in [4.69, 9.17) is 0 Å². The molecule has 0 spiro atoms. The van der Waals surface area contributed by atoms with E-state index >= 15 is 0 Å². The molecule has 1 saturated heterocycles. The lowest BCUT2D eigenvalue weighted by molar-refractivity contribution is 0.197. The number of hydrogen-bond acceptors (Lipinski definition) is 3. The van der Waals surface area contributed by atoms with Crippen LogP contribution >= 0.6 is 11.3 Å². The maximum atomic E-state index is 3.72. The van der Waals surface area contributed by atoms with Gasteiger partial charge in [-0.15, -0.1) is 0 Å². The molecule has 2 heterocycles. The Balaban J connectivity index is 1.89. The quantitative estimate of drug-likeness (QED) is 0.889. The minimum atomic E-state index is 0.657. The Hall–Kier alpha value is -0.380. The van der Waals surface area contributed by atoms with Crippen molar-refractivity contribution >= 4 is 11.3 Å². The number of nitrogens with zero attached hydrogens (tertiary/aromatic N) is 1. The summed E-state index contributed by atoms with van der Waals surface area (Å²) < 4.78 is 0. The summed E-state index contributed by atoms with van der Waals surface area (Å²) in [5.74, 6) is 0.782. The lowest BCUT2D eigenvalue weighted by Crippen LogP contribution is -2.43. The second kappa shape index (κ2) is 7.41. The predicted octanol–water partition coefficient (Wildman–Crippen LogP) is 3.39. The summed E-state index contributed by atoms with van der Waals surface area (Å²) in [5, 5.41) is 8.19. The van der Waals surface area contributed by atoms with Gasteiger partial charge in [-0.25, -0.2) is 0 Å². The molecule has 0 aliphatic carbocycles. The topological polar surface area (TPSA) is 15.3 Å². The van der Waals surface area contributed by atoms with Gasteiger partial charge >= 0.3 is 0 Å². The van der Waals surface area contributed by atoms with Crippen LogP contribution in [0.5, 0.6) is 0 Å². The molecule has 1 aromatic rings. The molecule has 1 aliphatic rings. The van der Waals surface area contributed by atoms with Gasteiger partial charge in [-0.2, -0.15) is 11.3 Å². The summed E-state index contributed by atoms with van der Waals surface area (Å²) in [6, 6.07) is 3.60. The Morgan fingerprint density at radius 1 is 1.42 bits per heavy atom. The van der Waals surface area contributed by atoms with E-state index in [1.807, 2.05) is 11.3 Å². The second-order valence-corrected chi connectivity index (χ2v) is 7.09. The molecule has 0 radical (unpaired) electrons. The third kappa shape index (κ3) is 4.90. The van der Waals surface area contributed by atoms with Crippen LogP contribution in [0.3, 0.4) is 0 Å². The molecule has 1 fully saturated rings. The van der Waals surface area contributed by atoms with Crippen molar-refractivity contribution in [1.29, 1.82) is 0 Å². The zero-order valence-electron chi connectivity index (χ0n) is 12.6. The van der Waals surface area contributed by atoms with Gasteiger partial charge in [0.25, 0.3) is 0 Å². The molecule has 2 atom stereocenters. The smallest absolute Gasteiger partial charge is 0.0197 e. The fourth-order valence-corrected chi connectivity index (χ4v) is 3.72. The van der Waals surface area contributed by atoms with E-state index in [2.05, 4.69) is 47.8 Å². The monoisotopic (exact) mass is 280 g/mol. The van der Waals surface area contributed by atoms with E-state index in [0.717, 1.165) is 5.92 Å². The molecule has 0 amide bonds. The number of rotatable bonds is 5. The highest BCUT2D eigenvalue weighted by Gasteiger charge is 2.22. The van der Waals surface area contributed by atoms with Gasteiger partial charge in [0.2, 0.25) is 0 Å². The van der Waals surface area contributed by atoms with Gasteiger partial charge in [-0.1, -0.05) is 13.8 Å². The fourth-order valence-electron chi connectivity index (χ4n) is 3.03. The summed E-state index contributed by atoms with van der Waals surface area (Å²) >= 11 is 1.81. The molecule has 1 aliphatic heterocycles. The zero-order chi connectivity index (χ0) is 13.7. The molecule has 2 unspecified atom stereocenters. The molecule has 19 heavy (non-hydrogen) atoms. The van der Waals surface area contributed by atoms with Crippen molar-refractivity contribution < 1.29 is 0 Å². The maximum absolute atomic E-state index is 3.72. The fraction of sp³-hybridized carbons (Fsp3) is 0.750. The number of nitrogens with one attached hydrogen (secondary N) is 1. The normalized spacial score (nSPS) is 23.5. The van der Waals surface area contributed by atoms with Crippen LogP contribution in [0.4, 0.5) is 0 Å². The predicted molar refractivity (Wildman–Crippen MR) is 84.9 cm³/mol. The first-order chi connectivity index (χ1) is 9.15. The summed E-state index contributed by atoms with van der Waals surface area (Å²) in [7, 11) is 0. The van der Waals surface area contributed by atoms with Crippen molar-refractivity contribution in [2.75, 3.05) is 19.6 Å². The molecule has 2 nitrogen and oxygen atoms in total. The van der Waals surface area contributed by atoms with E-state index in [-0.39, 0.29) is 0 Å². The van der Waals surface area contributed by atoms with Gasteiger partial charge in [0, 0.05) is 18.6 Å². The Kier molecular flexibility index (Phi) is 5.86. The van der Waals surface area contributed by atoms with Crippen molar-refractivity contribution in [2.24, 2.45) is 5.92 Å². The molecule has 1 aromatic heterocycles. The Morgan fingerprint density at radius 3 is 2.95 bits per heavy atom. The first kappa shape index (κ1) is 15.0. The molecule has 0 aromatic carbocycles. The summed E-state index contributed by atoms with van der Waals surface area (Å²) in [4.78, 5) is 2.69. The van der Waals surface area contributed by atoms with Gasteiger partial charge in [0.15, 0.2) is 0 Å². The maximum Gasteiger partial charge on any atom is 0.0197 e. The summed E-state index contributed by atoms with van der Waals surface area (Å²) in [6.45, 7) is 10.7. The van der Waals surface area contributed by atoms with Gasteiger partial charge in [-0.05, 0) is 67.6 Å². The largest absolute Gasteiger partial charge is 0.313 e. The van der Waals surface area contributed by atoms with Gasteiger partial charge in [0.05, 0.1) is 0 Å². The van der Waals surface area contributed by atoms with Crippen LogP contribution in [0, 0.1) is 5.92 Å². The highest BCUT2D eigenvalue weighted by molar-refractivity contribution is 7.07. The van der Waals surface area contributed by atoms with E-state index in [9.17, 15) is 0 Å². The van der Waals surface area contributed by atoms with Gasteiger partial charge in [0.1, 0.15) is 0 Å². The average molecular weight is 280 g/mol. The van der Waals surface area contributed by atoms with Crippen molar-refractivity contribution in [1.82, 2.24) is 10.2 Å². The second-order valence-electron chi connectivity index (χ2n) is 6.31. The average Bonchev–Trinajstić information content (AvgIpc) is 2.74. The van der Waals surface area contributed by atoms with Crippen molar-refractivity contribution in [3.8, 4) is 0 Å². The van der Waals surface area contributed by atoms with Crippen LogP contribution in [0.1, 0.15) is 39.2 Å².